The summed E-state index contributed by atoms with van der Waals surface area (Å²) in [4.78, 5) is 0. The van der Waals surface area contributed by atoms with Gasteiger partial charge in [0.05, 0.1) is 19.3 Å². The van der Waals surface area contributed by atoms with Gasteiger partial charge in [-0.15, -0.1) is 0 Å². The zero-order valence-electron chi connectivity index (χ0n) is 14.6. The second kappa shape index (κ2) is 8.74. The summed E-state index contributed by atoms with van der Waals surface area (Å²) in [5.41, 5.74) is 3.10. The van der Waals surface area contributed by atoms with E-state index in [1.54, 1.807) is 12.1 Å². The highest BCUT2D eigenvalue weighted by atomic mass is 79.9. The number of ether oxygens (including phenoxy) is 2. The average molecular weight is 413 g/mol. The van der Waals surface area contributed by atoms with Crippen LogP contribution in [0.5, 0.6) is 11.5 Å². The molecule has 3 aromatic rings. The van der Waals surface area contributed by atoms with Crippen molar-refractivity contribution in [2.75, 3.05) is 12.1 Å². The second-order valence-electron chi connectivity index (χ2n) is 5.85. The molecule has 5 heteroatoms. The van der Waals surface area contributed by atoms with Crippen molar-refractivity contribution in [3.05, 3.63) is 88.4 Å². The fourth-order valence-electron chi connectivity index (χ4n) is 2.55. The third-order valence-corrected chi connectivity index (χ3v) is 4.78. The molecule has 0 unspecified atom stereocenters. The minimum atomic E-state index is 0.545. The van der Waals surface area contributed by atoms with Crippen molar-refractivity contribution in [1.29, 1.82) is 0 Å². The van der Waals surface area contributed by atoms with Crippen LogP contribution in [0.15, 0.2) is 77.3 Å². The molecule has 0 aliphatic carbocycles. The minimum Gasteiger partial charge on any atom is -0.497 e. The molecule has 0 spiro atoms. The maximum Gasteiger partial charge on any atom is 0.119 e. The quantitative estimate of drug-likeness (QED) is 0.441. The third-order valence-electron chi connectivity index (χ3n) is 4.01. The third kappa shape index (κ3) is 4.77. The molecule has 0 saturated carbocycles. The maximum absolute atomic E-state index is 6.23. The molecule has 0 radical (unpaired) electrons. The van der Waals surface area contributed by atoms with Crippen LogP contribution in [0.2, 0.25) is 0 Å². The van der Waals surface area contributed by atoms with E-state index in [0.29, 0.717) is 13.2 Å². The predicted octanol–water partition coefficient (Wildman–Crippen LogP) is 4.92. The molecule has 0 saturated heterocycles. The maximum atomic E-state index is 6.23. The Balaban J connectivity index is 1.62. The summed E-state index contributed by atoms with van der Waals surface area (Å²) in [6, 6.07) is 23.7. The van der Waals surface area contributed by atoms with Crippen molar-refractivity contribution < 1.29 is 9.47 Å². The van der Waals surface area contributed by atoms with Gasteiger partial charge in [-0.05, 0) is 53.6 Å². The smallest absolute Gasteiger partial charge is 0.119 e. The summed E-state index contributed by atoms with van der Waals surface area (Å²) in [6.45, 7) is 1.10. The Morgan fingerprint density at radius 1 is 0.923 bits per heavy atom. The summed E-state index contributed by atoms with van der Waals surface area (Å²) < 4.78 is 12.1. The van der Waals surface area contributed by atoms with Gasteiger partial charge in [-0.25, -0.2) is 5.84 Å². The molecule has 134 valence electrons. The molecule has 3 aromatic carbocycles. The first kappa shape index (κ1) is 18.3. The molecular weight excluding hydrogens is 392 g/mol. The van der Waals surface area contributed by atoms with Crippen LogP contribution in [-0.2, 0) is 13.2 Å². The lowest BCUT2D eigenvalue weighted by atomic mass is 10.2. The number of hydrazine groups is 1. The van der Waals surface area contributed by atoms with Crippen LogP contribution in [-0.4, -0.2) is 7.11 Å². The van der Waals surface area contributed by atoms with E-state index in [-0.39, 0.29) is 0 Å². The molecule has 0 atom stereocenters. The van der Waals surface area contributed by atoms with Gasteiger partial charge in [0.15, 0.2) is 0 Å². The molecule has 0 aliphatic rings. The van der Waals surface area contributed by atoms with Gasteiger partial charge in [0.1, 0.15) is 18.1 Å². The van der Waals surface area contributed by atoms with Gasteiger partial charge in [-0.3, -0.25) is 0 Å². The van der Waals surface area contributed by atoms with Crippen LogP contribution in [0.25, 0.3) is 0 Å². The number of benzene rings is 3. The Bertz CT molecular complexity index is 838. The Hall–Kier alpha value is -2.50. The molecular formula is C21H21BrN2O2. The van der Waals surface area contributed by atoms with Crippen molar-refractivity contribution in [3.8, 4) is 11.5 Å². The van der Waals surface area contributed by atoms with Crippen molar-refractivity contribution in [3.63, 3.8) is 0 Å². The van der Waals surface area contributed by atoms with Gasteiger partial charge >= 0.3 is 0 Å². The molecule has 3 rings (SSSR count). The summed E-state index contributed by atoms with van der Waals surface area (Å²) >= 11 is 3.56. The highest BCUT2D eigenvalue weighted by Gasteiger charge is 2.08. The zero-order valence-corrected chi connectivity index (χ0v) is 16.1. The van der Waals surface area contributed by atoms with E-state index in [2.05, 4.69) is 15.9 Å². The van der Waals surface area contributed by atoms with Gasteiger partial charge in [0.25, 0.3) is 0 Å². The van der Waals surface area contributed by atoms with E-state index in [4.69, 9.17) is 15.3 Å². The van der Waals surface area contributed by atoms with E-state index < -0.39 is 0 Å². The van der Waals surface area contributed by atoms with E-state index in [0.717, 1.165) is 32.8 Å². The topological polar surface area (TPSA) is 47.7 Å². The SMILES string of the molecule is COc1ccc(Br)c(CN(N)c2ccc(OCc3ccccc3)cc2)c1. The number of nitrogens with two attached hydrogens (primary N) is 1. The van der Waals surface area contributed by atoms with Gasteiger partial charge < -0.3 is 14.5 Å². The number of anilines is 1. The van der Waals surface area contributed by atoms with E-state index >= 15 is 0 Å². The fraction of sp³-hybridized carbons (Fsp3) is 0.143. The Morgan fingerprint density at radius 2 is 1.62 bits per heavy atom. The normalized spacial score (nSPS) is 10.4. The van der Waals surface area contributed by atoms with Gasteiger partial charge in [0.2, 0.25) is 0 Å². The lowest BCUT2D eigenvalue weighted by Gasteiger charge is -2.20. The number of hydrogen-bond donors (Lipinski definition) is 1. The molecule has 0 heterocycles. The first-order valence-electron chi connectivity index (χ1n) is 8.27. The summed E-state index contributed by atoms with van der Waals surface area (Å²) in [5, 5.41) is 1.69. The molecule has 0 aromatic heterocycles. The van der Waals surface area contributed by atoms with E-state index in [1.165, 1.54) is 0 Å². The number of nitrogens with zero attached hydrogens (tertiary/aromatic N) is 1. The van der Waals surface area contributed by atoms with E-state index in [9.17, 15) is 0 Å². The molecule has 2 N–H and O–H groups in total. The Labute approximate surface area is 162 Å². The molecule has 0 aliphatic heterocycles. The second-order valence-corrected chi connectivity index (χ2v) is 6.71. The van der Waals surface area contributed by atoms with Gasteiger partial charge in [-0.2, -0.15) is 0 Å². The van der Waals surface area contributed by atoms with Crippen LogP contribution in [0, 0.1) is 0 Å². The van der Waals surface area contributed by atoms with Crippen molar-refractivity contribution >= 4 is 21.6 Å². The fourth-order valence-corrected chi connectivity index (χ4v) is 2.92. The first-order chi connectivity index (χ1) is 12.7. The molecule has 0 amide bonds. The summed E-state index contributed by atoms with van der Waals surface area (Å²) in [5.74, 6) is 7.85. The van der Waals surface area contributed by atoms with E-state index in [1.807, 2.05) is 72.8 Å². The zero-order chi connectivity index (χ0) is 18.4. The molecule has 0 fully saturated rings. The van der Waals surface area contributed by atoms with Gasteiger partial charge in [-0.1, -0.05) is 46.3 Å². The average Bonchev–Trinajstić information content (AvgIpc) is 2.69. The summed E-state index contributed by atoms with van der Waals surface area (Å²) in [7, 11) is 1.65. The van der Waals surface area contributed by atoms with Crippen LogP contribution in [0.3, 0.4) is 0 Å². The molecule has 4 nitrogen and oxygen atoms in total. The van der Waals surface area contributed by atoms with Crippen LogP contribution < -0.4 is 20.3 Å². The number of rotatable bonds is 7. The highest BCUT2D eigenvalue weighted by Crippen LogP contribution is 2.25. The molecule has 26 heavy (non-hydrogen) atoms. The predicted molar refractivity (Wildman–Crippen MR) is 108 cm³/mol. The van der Waals surface area contributed by atoms with Crippen LogP contribution >= 0.6 is 15.9 Å². The highest BCUT2D eigenvalue weighted by molar-refractivity contribution is 9.10. The monoisotopic (exact) mass is 412 g/mol. The van der Waals surface area contributed by atoms with Crippen LogP contribution in [0.1, 0.15) is 11.1 Å². The standard InChI is InChI=1S/C21H21BrN2O2/c1-25-20-11-12-21(22)17(13-20)14-24(23)18-7-9-19(10-8-18)26-15-16-5-3-2-4-6-16/h2-13H,14-15,23H2,1H3. The van der Waals surface area contributed by atoms with Crippen molar-refractivity contribution in [2.45, 2.75) is 13.2 Å². The number of methoxy groups -OCH3 is 1. The Kier molecular flexibility index (Phi) is 6.15. The molecule has 0 bridgehead atoms. The first-order valence-corrected chi connectivity index (χ1v) is 9.06. The minimum absolute atomic E-state index is 0.545. The lowest BCUT2D eigenvalue weighted by molar-refractivity contribution is 0.306. The Morgan fingerprint density at radius 3 is 2.31 bits per heavy atom. The number of halogens is 1. The van der Waals surface area contributed by atoms with Crippen molar-refractivity contribution in [2.24, 2.45) is 5.84 Å². The summed E-state index contributed by atoms with van der Waals surface area (Å²) in [6.07, 6.45) is 0. The number of hydrogen-bond acceptors (Lipinski definition) is 4. The van der Waals surface area contributed by atoms with Crippen molar-refractivity contribution in [1.82, 2.24) is 0 Å². The van der Waals surface area contributed by atoms with Gasteiger partial charge in [0, 0.05) is 4.47 Å². The van der Waals surface area contributed by atoms with Crippen LogP contribution in [0.4, 0.5) is 5.69 Å². The largest absolute Gasteiger partial charge is 0.497 e. The lowest BCUT2D eigenvalue weighted by Crippen LogP contribution is -2.30.